The molecule has 7 nitrogen and oxygen atoms in total. The van der Waals surface area contributed by atoms with Gasteiger partial charge in [0.25, 0.3) is 0 Å². The normalized spacial score (nSPS) is 15.9. The fraction of sp³-hybridized carbons (Fsp3) is 0.444. The molecule has 2 heterocycles. The maximum atomic E-state index is 6.17. The van der Waals surface area contributed by atoms with Gasteiger partial charge in [0.15, 0.2) is 22.6 Å². The number of nitrogens with zero attached hydrogens (tertiary/aromatic N) is 4. The predicted octanol–water partition coefficient (Wildman–Crippen LogP) is 2.67. The van der Waals surface area contributed by atoms with Gasteiger partial charge in [0.1, 0.15) is 6.10 Å². The van der Waals surface area contributed by atoms with E-state index >= 15 is 0 Å². The smallest absolute Gasteiger partial charge is 0.191 e. The molecule has 1 fully saturated rings. The first-order chi connectivity index (χ1) is 12.7. The van der Waals surface area contributed by atoms with Crippen molar-refractivity contribution in [3.05, 3.63) is 35.8 Å². The van der Waals surface area contributed by atoms with E-state index in [4.69, 9.17) is 15.2 Å². The predicted molar refractivity (Wildman–Crippen MR) is 121 cm³/mol. The third-order valence-corrected chi connectivity index (χ3v) is 5.03. The number of piperazine rings is 1. The summed E-state index contributed by atoms with van der Waals surface area (Å²) in [6.07, 6.45) is 1.74. The number of thiazole rings is 1. The minimum absolute atomic E-state index is 0. The van der Waals surface area contributed by atoms with Crippen LogP contribution in [0.3, 0.4) is 0 Å². The third kappa shape index (κ3) is 5.86. The monoisotopic (exact) mass is 503 g/mol. The zero-order valence-corrected chi connectivity index (χ0v) is 18.7. The van der Waals surface area contributed by atoms with E-state index in [1.165, 1.54) is 0 Å². The van der Waals surface area contributed by atoms with Gasteiger partial charge in [-0.3, -0.25) is 0 Å². The third-order valence-electron chi connectivity index (χ3n) is 4.20. The average molecular weight is 503 g/mol. The molecule has 1 atom stereocenters. The first-order valence-electron chi connectivity index (χ1n) is 8.66. The van der Waals surface area contributed by atoms with Crippen LogP contribution < -0.4 is 20.1 Å². The Balaban J connectivity index is 0.00000261. The van der Waals surface area contributed by atoms with Crippen molar-refractivity contribution in [1.82, 2.24) is 9.88 Å². The molecule has 148 valence electrons. The van der Waals surface area contributed by atoms with Crippen molar-refractivity contribution in [3.8, 4) is 11.5 Å². The van der Waals surface area contributed by atoms with Crippen LogP contribution >= 0.6 is 35.3 Å². The van der Waals surface area contributed by atoms with Crippen molar-refractivity contribution in [1.29, 1.82) is 0 Å². The second kappa shape index (κ2) is 10.5. The molecule has 0 spiro atoms. The summed E-state index contributed by atoms with van der Waals surface area (Å²) in [5.41, 5.74) is 6.17. The summed E-state index contributed by atoms with van der Waals surface area (Å²) in [4.78, 5) is 13.3. The van der Waals surface area contributed by atoms with Crippen LogP contribution in [0.5, 0.6) is 11.5 Å². The van der Waals surface area contributed by atoms with Crippen LogP contribution in [0.4, 0.5) is 5.13 Å². The molecule has 1 aromatic heterocycles. The zero-order valence-electron chi connectivity index (χ0n) is 15.6. The van der Waals surface area contributed by atoms with Gasteiger partial charge >= 0.3 is 0 Å². The average Bonchev–Trinajstić information content (AvgIpc) is 3.21. The van der Waals surface area contributed by atoms with Crippen LogP contribution in [-0.4, -0.2) is 61.8 Å². The van der Waals surface area contributed by atoms with Crippen LogP contribution in [0.1, 0.15) is 6.92 Å². The maximum absolute atomic E-state index is 6.17. The summed E-state index contributed by atoms with van der Waals surface area (Å²) in [5.74, 6) is 2.00. The minimum Gasteiger partial charge on any atom is -0.493 e. The van der Waals surface area contributed by atoms with Gasteiger partial charge in [-0.2, -0.15) is 0 Å². The van der Waals surface area contributed by atoms with Crippen LogP contribution in [0.2, 0.25) is 0 Å². The highest BCUT2D eigenvalue weighted by Gasteiger charge is 2.20. The van der Waals surface area contributed by atoms with Gasteiger partial charge in [0.2, 0.25) is 0 Å². The number of ether oxygens (including phenoxy) is 2. The lowest BCUT2D eigenvalue weighted by Crippen LogP contribution is -2.51. The number of hydrogen-bond acceptors (Lipinski definition) is 6. The summed E-state index contributed by atoms with van der Waals surface area (Å²) in [7, 11) is 1.63. The lowest BCUT2D eigenvalue weighted by atomic mass is 10.3. The number of hydrogen-bond donors (Lipinski definition) is 1. The van der Waals surface area contributed by atoms with E-state index in [0.717, 1.165) is 37.1 Å². The Labute approximate surface area is 181 Å². The van der Waals surface area contributed by atoms with Crippen molar-refractivity contribution < 1.29 is 9.47 Å². The van der Waals surface area contributed by atoms with E-state index in [1.807, 2.05) is 42.8 Å². The number of aliphatic imine (C=N–C) groups is 1. The van der Waals surface area contributed by atoms with Crippen molar-refractivity contribution in [2.75, 3.05) is 44.7 Å². The number of rotatable bonds is 6. The fourth-order valence-corrected chi connectivity index (χ4v) is 3.49. The van der Waals surface area contributed by atoms with Gasteiger partial charge in [0.05, 0.1) is 13.7 Å². The Morgan fingerprint density at radius 1 is 1.26 bits per heavy atom. The molecule has 1 saturated heterocycles. The molecule has 1 unspecified atom stereocenters. The van der Waals surface area contributed by atoms with Crippen molar-refractivity contribution in [3.63, 3.8) is 0 Å². The molecule has 2 N–H and O–H groups in total. The van der Waals surface area contributed by atoms with E-state index in [0.29, 0.717) is 18.3 Å². The number of methoxy groups -OCH3 is 1. The summed E-state index contributed by atoms with van der Waals surface area (Å²) in [6, 6.07) is 7.60. The lowest BCUT2D eigenvalue weighted by molar-refractivity contribution is 0.218. The van der Waals surface area contributed by atoms with E-state index < -0.39 is 0 Å². The SMILES string of the molecule is COc1ccccc1OC(C)CN=C(N)N1CCN(c2nccs2)CC1.I. The number of aromatic nitrogens is 1. The maximum Gasteiger partial charge on any atom is 0.191 e. The highest BCUT2D eigenvalue weighted by molar-refractivity contribution is 14.0. The van der Waals surface area contributed by atoms with E-state index in [2.05, 4.69) is 19.8 Å². The Morgan fingerprint density at radius 2 is 1.96 bits per heavy atom. The van der Waals surface area contributed by atoms with Gasteiger partial charge in [-0.15, -0.1) is 35.3 Å². The second-order valence-electron chi connectivity index (χ2n) is 6.07. The molecule has 9 heteroatoms. The second-order valence-corrected chi connectivity index (χ2v) is 6.94. The Bertz CT molecular complexity index is 720. The minimum atomic E-state index is -0.0959. The summed E-state index contributed by atoms with van der Waals surface area (Å²) in [6.45, 7) is 5.96. The van der Waals surface area contributed by atoms with Crippen LogP contribution in [0.15, 0.2) is 40.8 Å². The number of anilines is 1. The number of para-hydroxylation sites is 2. The molecule has 0 saturated carbocycles. The largest absolute Gasteiger partial charge is 0.493 e. The van der Waals surface area contributed by atoms with Crippen molar-refractivity contribution in [2.45, 2.75) is 13.0 Å². The van der Waals surface area contributed by atoms with Gasteiger partial charge in [0, 0.05) is 37.8 Å². The van der Waals surface area contributed by atoms with Crippen LogP contribution in [-0.2, 0) is 0 Å². The summed E-state index contributed by atoms with van der Waals surface area (Å²) < 4.78 is 11.2. The van der Waals surface area contributed by atoms with Crippen molar-refractivity contribution in [2.24, 2.45) is 10.7 Å². The molecule has 0 radical (unpaired) electrons. The molecule has 0 aliphatic carbocycles. The van der Waals surface area contributed by atoms with Crippen molar-refractivity contribution >= 4 is 46.4 Å². The molecular weight excluding hydrogens is 477 g/mol. The number of benzene rings is 1. The van der Waals surface area contributed by atoms with Gasteiger partial charge in [-0.25, -0.2) is 9.98 Å². The van der Waals surface area contributed by atoms with Gasteiger partial charge < -0.3 is 25.0 Å². The molecule has 2 aromatic rings. The Kier molecular flexibility index (Phi) is 8.42. The zero-order chi connectivity index (χ0) is 18.4. The van der Waals surface area contributed by atoms with E-state index in [9.17, 15) is 0 Å². The molecule has 1 aliphatic heterocycles. The molecule has 27 heavy (non-hydrogen) atoms. The summed E-state index contributed by atoms with van der Waals surface area (Å²) in [5, 5.41) is 3.07. The molecule has 0 amide bonds. The number of nitrogens with two attached hydrogens (primary N) is 1. The highest BCUT2D eigenvalue weighted by atomic mass is 127. The highest BCUT2D eigenvalue weighted by Crippen LogP contribution is 2.26. The van der Waals surface area contributed by atoms with Gasteiger partial charge in [-0.05, 0) is 19.1 Å². The molecule has 1 aliphatic rings. The number of halogens is 1. The standard InChI is InChI=1S/C18H25N5O2S.HI/c1-14(25-16-6-4-3-5-15(16)24-2)13-21-17(19)22-8-10-23(11-9-22)18-20-7-12-26-18;/h3-7,12,14H,8-11,13H2,1-2H3,(H2,19,21);1H. The fourth-order valence-electron chi connectivity index (χ4n) is 2.79. The molecule has 3 rings (SSSR count). The first kappa shape index (κ1) is 21.5. The number of guanidine groups is 1. The topological polar surface area (TPSA) is 76.2 Å². The first-order valence-corrected chi connectivity index (χ1v) is 9.54. The Morgan fingerprint density at radius 3 is 2.59 bits per heavy atom. The quantitative estimate of drug-likeness (QED) is 0.371. The van der Waals surface area contributed by atoms with Crippen LogP contribution in [0, 0.1) is 0 Å². The Hall–Kier alpha value is -1.75. The van der Waals surface area contributed by atoms with Gasteiger partial charge in [-0.1, -0.05) is 12.1 Å². The van der Waals surface area contributed by atoms with E-state index in [-0.39, 0.29) is 30.1 Å². The summed E-state index contributed by atoms with van der Waals surface area (Å²) >= 11 is 1.67. The molecule has 1 aromatic carbocycles. The molecular formula is C18H26IN5O2S. The van der Waals surface area contributed by atoms with Crippen LogP contribution in [0.25, 0.3) is 0 Å². The van der Waals surface area contributed by atoms with E-state index in [1.54, 1.807) is 18.4 Å². The lowest BCUT2D eigenvalue weighted by Gasteiger charge is -2.35. The molecule has 0 bridgehead atoms.